The molecule has 17 heavy (non-hydrogen) atoms. The predicted molar refractivity (Wildman–Crippen MR) is 67.6 cm³/mol. The van der Waals surface area contributed by atoms with Crippen molar-refractivity contribution in [3.05, 3.63) is 36.7 Å². The SMILES string of the molecule is CC(C)Oc1ccccc1-c1cncc(N)n1. The largest absolute Gasteiger partial charge is 0.490 e. The van der Waals surface area contributed by atoms with E-state index in [0.29, 0.717) is 5.82 Å². The van der Waals surface area contributed by atoms with Gasteiger partial charge in [-0.1, -0.05) is 12.1 Å². The molecule has 0 spiro atoms. The molecule has 4 heteroatoms. The number of para-hydroxylation sites is 1. The molecule has 0 radical (unpaired) electrons. The quantitative estimate of drug-likeness (QED) is 0.878. The number of aromatic nitrogens is 2. The maximum absolute atomic E-state index is 5.73. The van der Waals surface area contributed by atoms with Gasteiger partial charge < -0.3 is 10.5 Å². The van der Waals surface area contributed by atoms with Gasteiger partial charge in [0.15, 0.2) is 0 Å². The standard InChI is InChI=1S/C13H15N3O/c1-9(2)17-12-6-4-3-5-10(12)11-7-15-8-13(14)16-11/h3-9H,1-2H3,(H2,14,16). The lowest BCUT2D eigenvalue weighted by Crippen LogP contribution is -2.06. The number of nitrogens with two attached hydrogens (primary N) is 1. The first-order valence-corrected chi connectivity index (χ1v) is 5.50. The van der Waals surface area contributed by atoms with Gasteiger partial charge in [-0.25, -0.2) is 4.98 Å². The van der Waals surface area contributed by atoms with Gasteiger partial charge in [0.25, 0.3) is 0 Å². The van der Waals surface area contributed by atoms with Crippen LogP contribution in [0.2, 0.25) is 0 Å². The fourth-order valence-electron chi connectivity index (χ4n) is 1.55. The zero-order valence-corrected chi connectivity index (χ0v) is 9.92. The van der Waals surface area contributed by atoms with Crippen molar-refractivity contribution < 1.29 is 4.74 Å². The highest BCUT2D eigenvalue weighted by molar-refractivity contribution is 5.67. The maximum Gasteiger partial charge on any atom is 0.142 e. The van der Waals surface area contributed by atoms with E-state index in [1.165, 1.54) is 6.20 Å². The molecule has 0 amide bonds. The summed E-state index contributed by atoms with van der Waals surface area (Å²) in [6, 6.07) is 7.73. The summed E-state index contributed by atoms with van der Waals surface area (Å²) in [4.78, 5) is 8.28. The van der Waals surface area contributed by atoms with Crippen LogP contribution in [0.1, 0.15) is 13.8 Å². The second-order valence-electron chi connectivity index (χ2n) is 3.99. The third-order valence-corrected chi connectivity index (χ3v) is 2.18. The van der Waals surface area contributed by atoms with Crippen LogP contribution in [0.4, 0.5) is 5.82 Å². The molecule has 0 unspecified atom stereocenters. The monoisotopic (exact) mass is 229 g/mol. The highest BCUT2D eigenvalue weighted by Gasteiger charge is 2.08. The van der Waals surface area contributed by atoms with Crippen molar-refractivity contribution in [2.24, 2.45) is 0 Å². The van der Waals surface area contributed by atoms with E-state index in [1.807, 2.05) is 38.1 Å². The number of anilines is 1. The zero-order valence-electron chi connectivity index (χ0n) is 9.92. The van der Waals surface area contributed by atoms with Crippen LogP contribution < -0.4 is 10.5 Å². The van der Waals surface area contributed by atoms with Crippen LogP contribution in [0.15, 0.2) is 36.7 Å². The predicted octanol–water partition coefficient (Wildman–Crippen LogP) is 2.51. The van der Waals surface area contributed by atoms with Crippen LogP contribution in [-0.2, 0) is 0 Å². The topological polar surface area (TPSA) is 61.0 Å². The molecule has 1 heterocycles. The van der Waals surface area contributed by atoms with E-state index >= 15 is 0 Å². The molecule has 0 aliphatic rings. The van der Waals surface area contributed by atoms with Crippen molar-refractivity contribution in [3.8, 4) is 17.0 Å². The second kappa shape index (κ2) is 4.82. The molecule has 0 fully saturated rings. The number of benzene rings is 1. The van der Waals surface area contributed by atoms with E-state index in [9.17, 15) is 0 Å². The van der Waals surface area contributed by atoms with E-state index in [0.717, 1.165) is 17.0 Å². The summed E-state index contributed by atoms with van der Waals surface area (Å²) in [5.41, 5.74) is 7.26. The number of rotatable bonds is 3. The van der Waals surface area contributed by atoms with Crippen LogP contribution in [0.3, 0.4) is 0 Å². The molecule has 2 rings (SSSR count). The minimum atomic E-state index is 0.116. The van der Waals surface area contributed by atoms with Crippen LogP contribution in [0.5, 0.6) is 5.75 Å². The molecule has 0 aliphatic heterocycles. The summed E-state index contributed by atoms with van der Waals surface area (Å²) in [5, 5.41) is 0. The summed E-state index contributed by atoms with van der Waals surface area (Å²) in [6.07, 6.45) is 3.32. The molecule has 0 saturated carbocycles. The first-order chi connectivity index (χ1) is 8.16. The second-order valence-corrected chi connectivity index (χ2v) is 3.99. The van der Waals surface area contributed by atoms with E-state index in [2.05, 4.69) is 9.97 Å². The van der Waals surface area contributed by atoms with Crippen LogP contribution in [0.25, 0.3) is 11.3 Å². The van der Waals surface area contributed by atoms with Gasteiger partial charge in [0, 0.05) is 5.56 Å². The number of nitrogens with zero attached hydrogens (tertiary/aromatic N) is 2. The Morgan fingerprint density at radius 1 is 1.18 bits per heavy atom. The van der Waals surface area contributed by atoms with E-state index < -0.39 is 0 Å². The normalized spacial score (nSPS) is 10.5. The first kappa shape index (κ1) is 11.4. The molecular weight excluding hydrogens is 214 g/mol. The Balaban J connectivity index is 2.44. The molecule has 1 aromatic heterocycles. The Hall–Kier alpha value is -2.10. The molecule has 88 valence electrons. The molecule has 0 aliphatic carbocycles. The van der Waals surface area contributed by atoms with Crippen molar-refractivity contribution in [1.82, 2.24) is 9.97 Å². The highest BCUT2D eigenvalue weighted by Crippen LogP contribution is 2.28. The summed E-state index contributed by atoms with van der Waals surface area (Å²) in [7, 11) is 0. The summed E-state index contributed by atoms with van der Waals surface area (Å²) < 4.78 is 5.73. The van der Waals surface area contributed by atoms with Gasteiger partial charge in [0.2, 0.25) is 0 Å². The summed E-state index contributed by atoms with van der Waals surface area (Å²) in [6.45, 7) is 3.98. The van der Waals surface area contributed by atoms with Gasteiger partial charge >= 0.3 is 0 Å². The minimum Gasteiger partial charge on any atom is -0.490 e. The van der Waals surface area contributed by atoms with Crippen LogP contribution in [0, 0.1) is 0 Å². The van der Waals surface area contributed by atoms with Gasteiger partial charge in [-0.2, -0.15) is 0 Å². The lowest BCUT2D eigenvalue weighted by molar-refractivity contribution is 0.243. The van der Waals surface area contributed by atoms with Crippen molar-refractivity contribution in [2.75, 3.05) is 5.73 Å². The lowest BCUT2D eigenvalue weighted by atomic mass is 10.1. The van der Waals surface area contributed by atoms with Crippen molar-refractivity contribution in [2.45, 2.75) is 20.0 Å². The third-order valence-electron chi connectivity index (χ3n) is 2.18. The van der Waals surface area contributed by atoms with Crippen LogP contribution in [-0.4, -0.2) is 16.1 Å². The van der Waals surface area contributed by atoms with E-state index in [4.69, 9.17) is 10.5 Å². The number of hydrogen-bond donors (Lipinski definition) is 1. The molecule has 0 saturated heterocycles. The maximum atomic E-state index is 5.73. The van der Waals surface area contributed by atoms with Gasteiger partial charge in [-0.15, -0.1) is 0 Å². The molecular formula is C13H15N3O. The van der Waals surface area contributed by atoms with Crippen molar-refractivity contribution >= 4 is 5.82 Å². The van der Waals surface area contributed by atoms with Gasteiger partial charge in [0.1, 0.15) is 11.6 Å². The van der Waals surface area contributed by atoms with Crippen LogP contribution >= 0.6 is 0 Å². The van der Waals surface area contributed by atoms with Gasteiger partial charge in [-0.05, 0) is 26.0 Å². The Bertz CT molecular complexity index is 512. The third kappa shape index (κ3) is 2.72. The van der Waals surface area contributed by atoms with Crippen molar-refractivity contribution in [3.63, 3.8) is 0 Å². The number of ether oxygens (including phenoxy) is 1. The lowest BCUT2D eigenvalue weighted by Gasteiger charge is -2.13. The van der Waals surface area contributed by atoms with Crippen molar-refractivity contribution in [1.29, 1.82) is 0 Å². The molecule has 4 nitrogen and oxygen atoms in total. The molecule has 0 bridgehead atoms. The first-order valence-electron chi connectivity index (χ1n) is 5.50. The average molecular weight is 229 g/mol. The molecule has 0 atom stereocenters. The minimum absolute atomic E-state index is 0.116. The fraction of sp³-hybridized carbons (Fsp3) is 0.231. The summed E-state index contributed by atoms with van der Waals surface area (Å²) >= 11 is 0. The Morgan fingerprint density at radius 3 is 2.65 bits per heavy atom. The van der Waals surface area contributed by atoms with E-state index in [-0.39, 0.29) is 6.10 Å². The smallest absolute Gasteiger partial charge is 0.142 e. The number of nitrogen functional groups attached to an aromatic ring is 1. The summed E-state index contributed by atoms with van der Waals surface area (Å²) in [5.74, 6) is 1.20. The average Bonchev–Trinajstić information content (AvgIpc) is 2.29. The molecule has 2 aromatic rings. The highest BCUT2D eigenvalue weighted by atomic mass is 16.5. The van der Waals surface area contributed by atoms with E-state index in [1.54, 1.807) is 6.20 Å². The molecule has 1 aromatic carbocycles. The Labute approximate surface area is 100 Å². The Morgan fingerprint density at radius 2 is 1.94 bits per heavy atom. The fourth-order valence-corrected chi connectivity index (χ4v) is 1.55. The number of hydrogen-bond acceptors (Lipinski definition) is 4. The molecule has 2 N–H and O–H groups in total. The Kier molecular flexibility index (Phi) is 3.23. The van der Waals surface area contributed by atoms with Gasteiger partial charge in [-0.3, -0.25) is 4.98 Å². The van der Waals surface area contributed by atoms with Gasteiger partial charge in [0.05, 0.1) is 24.2 Å². The zero-order chi connectivity index (χ0) is 12.3.